The van der Waals surface area contributed by atoms with Crippen LogP contribution in [0.1, 0.15) is 25.7 Å². The highest BCUT2D eigenvalue weighted by atomic mass is 32.2. The number of aromatic nitrogens is 1. The number of aliphatic hydroxyl groups is 1. The van der Waals surface area contributed by atoms with Crippen molar-refractivity contribution < 1.29 is 18.4 Å². The molecule has 1 saturated carbocycles. The molecule has 0 amide bonds. The van der Waals surface area contributed by atoms with Crippen molar-refractivity contribution in [2.75, 3.05) is 6.61 Å². The maximum Gasteiger partial charge on any atom is 0.363 e. The molecule has 0 saturated heterocycles. The molecular weight excluding hydrogens is 286 g/mol. The van der Waals surface area contributed by atoms with Crippen LogP contribution in [0.3, 0.4) is 0 Å². The predicted molar refractivity (Wildman–Crippen MR) is 69.5 cm³/mol. The first-order valence-electron chi connectivity index (χ1n) is 6.14. The molecule has 1 aromatic rings. The zero-order valence-electron chi connectivity index (χ0n) is 10.7. The quantitative estimate of drug-likeness (QED) is 0.605. The Morgan fingerprint density at radius 2 is 2.05 bits per heavy atom. The van der Waals surface area contributed by atoms with Gasteiger partial charge in [0.15, 0.2) is 6.20 Å². The van der Waals surface area contributed by atoms with Crippen LogP contribution >= 0.6 is 0 Å². The zero-order valence-corrected chi connectivity index (χ0v) is 11.5. The van der Waals surface area contributed by atoms with Gasteiger partial charge < -0.3 is 15.2 Å². The molecule has 2 N–H and O–H groups in total. The molecule has 1 aromatic heterocycles. The average Bonchev–Trinajstić information content (AvgIpc) is 2.87. The predicted octanol–water partition coefficient (Wildman–Crippen LogP) is 0.573. The topological polar surface area (TPSA) is 122 Å². The third-order valence-corrected chi connectivity index (χ3v) is 5.00. The highest BCUT2D eigenvalue weighted by Crippen LogP contribution is 2.30. The van der Waals surface area contributed by atoms with Gasteiger partial charge >= 0.3 is 5.82 Å². The van der Waals surface area contributed by atoms with E-state index in [1.54, 1.807) is 0 Å². The minimum atomic E-state index is -3.85. The van der Waals surface area contributed by atoms with Crippen molar-refractivity contribution in [2.24, 2.45) is 0 Å². The van der Waals surface area contributed by atoms with Crippen LogP contribution in [0, 0.1) is 10.1 Å². The van der Waals surface area contributed by atoms with Gasteiger partial charge in [-0.05, 0) is 28.8 Å². The molecule has 1 aliphatic rings. The first-order chi connectivity index (χ1) is 9.38. The molecule has 0 atom stereocenters. The van der Waals surface area contributed by atoms with Crippen LogP contribution in [0.5, 0.6) is 0 Å². The maximum atomic E-state index is 12.2. The first kappa shape index (κ1) is 14.8. The lowest BCUT2D eigenvalue weighted by atomic mass is 10.0. The lowest BCUT2D eigenvalue weighted by Crippen LogP contribution is -2.49. The second-order valence-electron chi connectivity index (χ2n) is 4.86. The summed E-state index contributed by atoms with van der Waals surface area (Å²) in [4.78, 5) is 13.1. The summed E-state index contributed by atoms with van der Waals surface area (Å²) in [5.74, 6) is -0.415. The van der Waals surface area contributed by atoms with Crippen LogP contribution in [0.2, 0.25) is 0 Å². The van der Waals surface area contributed by atoms with E-state index < -0.39 is 26.3 Å². The Morgan fingerprint density at radius 1 is 1.40 bits per heavy atom. The Balaban J connectivity index is 2.23. The summed E-state index contributed by atoms with van der Waals surface area (Å²) in [6.07, 6.45) is 3.79. The molecule has 0 aromatic carbocycles. The SMILES string of the molecule is O=[N+]([O-])c1ccc(S(=O)(=O)NC2(CO)CCCC2)cn1. The second kappa shape index (κ2) is 5.43. The fraction of sp³-hybridized carbons (Fsp3) is 0.545. The minimum absolute atomic E-state index is 0.150. The molecule has 0 radical (unpaired) electrons. The number of nitro groups is 1. The number of hydrogen-bond acceptors (Lipinski definition) is 6. The van der Waals surface area contributed by atoms with Crippen molar-refractivity contribution in [1.82, 2.24) is 9.71 Å². The largest absolute Gasteiger partial charge is 0.394 e. The van der Waals surface area contributed by atoms with E-state index in [0.717, 1.165) is 31.2 Å². The molecule has 1 aliphatic carbocycles. The lowest BCUT2D eigenvalue weighted by molar-refractivity contribution is -0.389. The molecule has 0 spiro atoms. The van der Waals surface area contributed by atoms with Crippen LogP contribution in [0.25, 0.3) is 0 Å². The van der Waals surface area contributed by atoms with Gasteiger partial charge in [0.2, 0.25) is 10.0 Å². The van der Waals surface area contributed by atoms with Gasteiger partial charge in [-0.15, -0.1) is 0 Å². The Morgan fingerprint density at radius 3 is 2.50 bits per heavy atom. The molecule has 110 valence electrons. The third-order valence-electron chi connectivity index (χ3n) is 3.43. The van der Waals surface area contributed by atoms with Gasteiger partial charge in [0.1, 0.15) is 4.90 Å². The molecule has 1 heterocycles. The van der Waals surface area contributed by atoms with Gasteiger partial charge in [0, 0.05) is 6.07 Å². The fourth-order valence-corrected chi connectivity index (χ4v) is 3.72. The average molecular weight is 301 g/mol. The molecule has 0 aliphatic heterocycles. The van der Waals surface area contributed by atoms with Crippen molar-refractivity contribution in [3.8, 4) is 0 Å². The monoisotopic (exact) mass is 301 g/mol. The number of hydrogen-bond donors (Lipinski definition) is 2. The van der Waals surface area contributed by atoms with Crippen LogP contribution < -0.4 is 4.72 Å². The number of sulfonamides is 1. The minimum Gasteiger partial charge on any atom is -0.394 e. The molecule has 8 nitrogen and oxygen atoms in total. The van der Waals surface area contributed by atoms with Crippen LogP contribution in [0.15, 0.2) is 23.2 Å². The van der Waals surface area contributed by atoms with Crippen molar-refractivity contribution in [3.05, 3.63) is 28.4 Å². The van der Waals surface area contributed by atoms with E-state index in [9.17, 15) is 23.6 Å². The Labute approximate surface area is 116 Å². The molecule has 1 fully saturated rings. The van der Waals surface area contributed by atoms with Crippen LogP contribution in [0.4, 0.5) is 5.82 Å². The second-order valence-corrected chi connectivity index (χ2v) is 6.54. The third kappa shape index (κ3) is 2.94. The normalized spacial score (nSPS) is 18.1. The highest BCUT2D eigenvalue weighted by Gasteiger charge is 2.37. The molecular formula is C11H15N3O5S. The highest BCUT2D eigenvalue weighted by molar-refractivity contribution is 7.89. The number of nitrogens with zero attached hydrogens (tertiary/aromatic N) is 2. The smallest absolute Gasteiger partial charge is 0.363 e. The van der Waals surface area contributed by atoms with E-state index in [2.05, 4.69) is 9.71 Å². The molecule has 0 unspecified atom stereocenters. The lowest BCUT2D eigenvalue weighted by Gasteiger charge is -2.27. The fourth-order valence-electron chi connectivity index (χ4n) is 2.33. The zero-order chi connectivity index (χ0) is 14.8. The summed E-state index contributed by atoms with van der Waals surface area (Å²) in [5, 5.41) is 19.9. The molecule has 20 heavy (non-hydrogen) atoms. The summed E-state index contributed by atoms with van der Waals surface area (Å²) in [7, 11) is -3.85. The van der Waals surface area contributed by atoms with E-state index in [1.807, 2.05) is 0 Å². The van der Waals surface area contributed by atoms with Crippen LogP contribution in [-0.2, 0) is 10.0 Å². The van der Waals surface area contributed by atoms with E-state index in [0.29, 0.717) is 12.8 Å². The Hall–Kier alpha value is -1.58. The van der Waals surface area contributed by atoms with Gasteiger partial charge in [-0.25, -0.2) is 13.1 Å². The van der Waals surface area contributed by atoms with Crippen molar-refractivity contribution in [1.29, 1.82) is 0 Å². The van der Waals surface area contributed by atoms with Gasteiger partial charge in [-0.3, -0.25) is 0 Å². The number of rotatable bonds is 5. The first-order valence-corrected chi connectivity index (χ1v) is 7.62. The van der Waals surface area contributed by atoms with E-state index in [4.69, 9.17) is 0 Å². The number of nitrogens with one attached hydrogen (secondary N) is 1. The molecule has 2 rings (SSSR count). The van der Waals surface area contributed by atoms with Gasteiger partial charge in [-0.2, -0.15) is 0 Å². The van der Waals surface area contributed by atoms with Gasteiger partial charge in [0.25, 0.3) is 0 Å². The van der Waals surface area contributed by atoms with E-state index in [-0.39, 0.29) is 11.5 Å². The van der Waals surface area contributed by atoms with Crippen molar-refractivity contribution >= 4 is 15.8 Å². The van der Waals surface area contributed by atoms with Crippen LogP contribution in [-0.4, -0.2) is 35.6 Å². The summed E-state index contributed by atoms with van der Waals surface area (Å²) in [6, 6.07) is 2.17. The Kier molecular flexibility index (Phi) is 4.02. The van der Waals surface area contributed by atoms with E-state index in [1.165, 1.54) is 0 Å². The number of aliphatic hydroxyl groups excluding tert-OH is 1. The van der Waals surface area contributed by atoms with Crippen molar-refractivity contribution in [3.63, 3.8) is 0 Å². The Bertz CT molecular complexity index is 593. The van der Waals surface area contributed by atoms with Crippen molar-refractivity contribution in [2.45, 2.75) is 36.1 Å². The van der Waals surface area contributed by atoms with E-state index >= 15 is 0 Å². The molecule has 9 heteroatoms. The van der Waals surface area contributed by atoms with Gasteiger partial charge in [-0.1, -0.05) is 12.8 Å². The standard InChI is InChI=1S/C11H15N3O5S/c15-8-11(5-1-2-6-11)13-20(18,19)9-3-4-10(12-7-9)14(16)17/h3-4,7,13,15H,1-2,5-6,8H2. The molecule has 0 bridgehead atoms. The summed E-state index contributed by atoms with van der Waals surface area (Å²) in [6.45, 7) is -0.271. The summed E-state index contributed by atoms with van der Waals surface area (Å²) in [5.41, 5.74) is -0.833. The maximum absolute atomic E-state index is 12.2. The number of pyridine rings is 1. The summed E-state index contributed by atoms with van der Waals surface area (Å²) >= 11 is 0. The van der Waals surface area contributed by atoms with Gasteiger partial charge in [0.05, 0.1) is 12.1 Å². The summed E-state index contributed by atoms with van der Waals surface area (Å²) < 4.78 is 26.9.